The molecular weight excluding hydrogens is 458 g/mol. The summed E-state index contributed by atoms with van der Waals surface area (Å²) in [6, 6.07) is 10.6. The van der Waals surface area contributed by atoms with Crippen LogP contribution in [0.2, 0.25) is 0 Å². The number of hydrogen-bond acceptors (Lipinski definition) is 8. The summed E-state index contributed by atoms with van der Waals surface area (Å²) in [7, 11) is 2.18. The molecule has 0 spiro atoms. The highest BCUT2D eigenvalue weighted by atomic mass is 32.1. The third kappa shape index (κ3) is 6.31. The van der Waals surface area contributed by atoms with Crippen molar-refractivity contribution in [2.75, 3.05) is 30.8 Å². The molecule has 0 radical (unpaired) electrons. The lowest BCUT2D eigenvalue weighted by Crippen LogP contribution is -2.55. The van der Waals surface area contributed by atoms with Gasteiger partial charge in [0.15, 0.2) is 16.7 Å². The maximum atomic E-state index is 9.83. The fourth-order valence-corrected chi connectivity index (χ4v) is 4.85. The standard InChI is InChI=1S/C27H33N5O2S/c1-18-15-32(16-19(2)31(18)5)26-30-14-24(35-26)22-12-23(25(28)29-13-22)34-17-21-8-6-7-20(11-21)9-10-27(3,4)33/h6-8,11-14,18-19,33H,15-17H2,1-5H3,(H2,28,29). The van der Waals surface area contributed by atoms with Crippen molar-refractivity contribution in [3.63, 3.8) is 0 Å². The molecule has 1 aliphatic heterocycles. The number of nitrogen functional groups attached to an aromatic ring is 1. The lowest BCUT2D eigenvalue weighted by molar-refractivity contribution is 0.143. The van der Waals surface area contributed by atoms with Gasteiger partial charge in [0.2, 0.25) is 0 Å². The van der Waals surface area contributed by atoms with E-state index in [-0.39, 0.29) is 0 Å². The summed E-state index contributed by atoms with van der Waals surface area (Å²) in [5, 5.41) is 10.9. The first-order chi connectivity index (χ1) is 16.6. The molecule has 0 bridgehead atoms. The molecule has 1 fully saturated rings. The fraction of sp³-hybridized carbons (Fsp3) is 0.407. The van der Waals surface area contributed by atoms with Crippen molar-refractivity contribution < 1.29 is 9.84 Å². The van der Waals surface area contributed by atoms with Crippen LogP contribution in [0.4, 0.5) is 10.9 Å². The third-order valence-electron chi connectivity index (χ3n) is 6.12. The van der Waals surface area contributed by atoms with E-state index >= 15 is 0 Å². The molecule has 184 valence electrons. The Labute approximate surface area is 211 Å². The van der Waals surface area contributed by atoms with Gasteiger partial charge in [-0.25, -0.2) is 9.97 Å². The van der Waals surface area contributed by atoms with Crippen molar-refractivity contribution in [1.29, 1.82) is 0 Å². The summed E-state index contributed by atoms with van der Waals surface area (Å²) in [5.74, 6) is 6.71. The third-order valence-corrected chi connectivity index (χ3v) is 7.23. The number of rotatable bonds is 5. The molecule has 3 N–H and O–H groups in total. The summed E-state index contributed by atoms with van der Waals surface area (Å²) in [6.45, 7) is 10.1. The monoisotopic (exact) mass is 491 g/mol. The van der Waals surface area contributed by atoms with Crippen LogP contribution in [0.5, 0.6) is 5.75 Å². The summed E-state index contributed by atoms with van der Waals surface area (Å²) in [5.41, 5.74) is 7.77. The molecule has 4 rings (SSSR count). The lowest BCUT2D eigenvalue weighted by atomic mass is 10.1. The summed E-state index contributed by atoms with van der Waals surface area (Å²) in [4.78, 5) is 14.9. The molecule has 3 aromatic rings. The van der Waals surface area contributed by atoms with E-state index in [0.717, 1.165) is 39.8 Å². The van der Waals surface area contributed by atoms with Crippen molar-refractivity contribution in [2.45, 2.75) is 52.0 Å². The number of aromatic nitrogens is 2. The van der Waals surface area contributed by atoms with Gasteiger partial charge in [0.25, 0.3) is 0 Å². The number of hydrogen-bond donors (Lipinski definition) is 2. The zero-order valence-electron chi connectivity index (χ0n) is 20.9. The molecule has 0 amide bonds. The Balaban J connectivity index is 1.47. The number of nitrogens with two attached hydrogens (primary N) is 1. The molecule has 2 atom stereocenters. The number of aliphatic hydroxyl groups is 1. The van der Waals surface area contributed by atoms with Gasteiger partial charge in [-0.1, -0.05) is 35.3 Å². The van der Waals surface area contributed by atoms with E-state index in [1.165, 1.54) is 0 Å². The van der Waals surface area contributed by atoms with Crippen LogP contribution in [-0.4, -0.2) is 57.8 Å². The topological polar surface area (TPSA) is 87.7 Å². The van der Waals surface area contributed by atoms with E-state index in [9.17, 15) is 5.11 Å². The van der Waals surface area contributed by atoms with Crippen molar-refractivity contribution in [2.24, 2.45) is 0 Å². The summed E-state index contributed by atoms with van der Waals surface area (Å²) in [6.07, 6.45) is 3.66. The highest BCUT2D eigenvalue weighted by molar-refractivity contribution is 7.18. The first-order valence-electron chi connectivity index (χ1n) is 11.7. The van der Waals surface area contributed by atoms with Crippen LogP contribution in [0, 0.1) is 11.8 Å². The quantitative estimate of drug-likeness (QED) is 0.521. The number of nitrogens with zero attached hydrogens (tertiary/aromatic N) is 4. The van der Waals surface area contributed by atoms with Gasteiger partial charge >= 0.3 is 0 Å². The average Bonchev–Trinajstić information content (AvgIpc) is 3.31. The smallest absolute Gasteiger partial charge is 0.185 e. The normalized spacial score (nSPS) is 18.7. The second-order valence-electron chi connectivity index (χ2n) is 9.68. The van der Waals surface area contributed by atoms with Crippen molar-refractivity contribution in [3.05, 3.63) is 53.9 Å². The number of ether oxygens (including phenoxy) is 1. The van der Waals surface area contributed by atoms with E-state index in [0.29, 0.717) is 30.3 Å². The van der Waals surface area contributed by atoms with Crippen LogP contribution in [0.1, 0.15) is 38.8 Å². The Bertz CT molecular complexity index is 1230. The molecule has 35 heavy (non-hydrogen) atoms. The summed E-state index contributed by atoms with van der Waals surface area (Å²) >= 11 is 1.66. The maximum Gasteiger partial charge on any atom is 0.185 e. The highest BCUT2D eigenvalue weighted by Crippen LogP contribution is 2.35. The van der Waals surface area contributed by atoms with Gasteiger partial charge in [0.1, 0.15) is 12.2 Å². The Morgan fingerprint density at radius 2 is 1.91 bits per heavy atom. The van der Waals surface area contributed by atoms with Crippen LogP contribution in [0.15, 0.2) is 42.7 Å². The molecule has 1 saturated heterocycles. The predicted molar refractivity (Wildman–Crippen MR) is 143 cm³/mol. The molecule has 1 aliphatic rings. The SMILES string of the molecule is CC1CN(c2ncc(-c3cnc(N)c(OCc4cccc(C#CC(C)(C)O)c4)c3)s2)CC(C)N1C. The molecule has 2 unspecified atom stereocenters. The Hall–Kier alpha value is -3.12. The molecule has 2 aromatic heterocycles. The largest absolute Gasteiger partial charge is 0.485 e. The van der Waals surface area contributed by atoms with E-state index in [1.54, 1.807) is 31.4 Å². The lowest BCUT2D eigenvalue weighted by Gasteiger charge is -2.42. The Morgan fingerprint density at radius 3 is 2.63 bits per heavy atom. The molecule has 7 nitrogen and oxygen atoms in total. The van der Waals surface area contributed by atoms with Crippen LogP contribution in [0.25, 0.3) is 10.4 Å². The van der Waals surface area contributed by atoms with Gasteiger partial charge in [0.05, 0.1) is 4.88 Å². The second-order valence-corrected chi connectivity index (χ2v) is 10.7. The van der Waals surface area contributed by atoms with Crippen LogP contribution in [-0.2, 0) is 6.61 Å². The average molecular weight is 492 g/mol. The van der Waals surface area contributed by atoms with E-state index in [1.807, 2.05) is 36.5 Å². The maximum absolute atomic E-state index is 9.83. The molecule has 1 aromatic carbocycles. The van der Waals surface area contributed by atoms with Crippen molar-refractivity contribution in [3.8, 4) is 28.0 Å². The number of anilines is 2. The molecule has 8 heteroatoms. The zero-order chi connectivity index (χ0) is 25.2. The zero-order valence-corrected chi connectivity index (χ0v) is 21.8. The van der Waals surface area contributed by atoms with Crippen LogP contribution >= 0.6 is 11.3 Å². The van der Waals surface area contributed by atoms with Gasteiger partial charge in [0, 0.05) is 48.7 Å². The van der Waals surface area contributed by atoms with Crippen LogP contribution in [0.3, 0.4) is 0 Å². The van der Waals surface area contributed by atoms with E-state index < -0.39 is 5.60 Å². The predicted octanol–water partition coefficient (Wildman–Crippen LogP) is 4.02. The first-order valence-corrected chi connectivity index (χ1v) is 12.6. The fourth-order valence-electron chi connectivity index (χ4n) is 3.94. The van der Waals surface area contributed by atoms with Crippen LogP contribution < -0.4 is 15.4 Å². The number of piperazine rings is 1. The Morgan fingerprint density at radius 1 is 1.17 bits per heavy atom. The number of benzene rings is 1. The summed E-state index contributed by atoms with van der Waals surface area (Å²) < 4.78 is 6.03. The molecule has 3 heterocycles. The minimum absolute atomic E-state index is 0.332. The van der Waals surface area contributed by atoms with Gasteiger partial charge in [-0.3, -0.25) is 4.90 Å². The van der Waals surface area contributed by atoms with Gasteiger partial charge < -0.3 is 20.5 Å². The van der Waals surface area contributed by atoms with E-state index in [4.69, 9.17) is 15.5 Å². The first kappa shape index (κ1) is 25.0. The molecule has 0 aliphatic carbocycles. The minimum Gasteiger partial charge on any atom is -0.485 e. The number of thiazole rings is 1. The second kappa shape index (κ2) is 10.2. The number of pyridine rings is 1. The number of likely N-dealkylation sites (N-methyl/N-ethyl adjacent to an activating group) is 1. The minimum atomic E-state index is -1.04. The van der Waals surface area contributed by atoms with Crippen molar-refractivity contribution in [1.82, 2.24) is 14.9 Å². The molecule has 0 saturated carbocycles. The van der Waals surface area contributed by atoms with E-state index in [2.05, 4.69) is 47.5 Å². The molecular formula is C27H33N5O2S. The van der Waals surface area contributed by atoms with Gasteiger partial charge in [-0.05, 0) is 58.5 Å². The van der Waals surface area contributed by atoms with Gasteiger partial charge in [-0.2, -0.15) is 0 Å². The van der Waals surface area contributed by atoms with Gasteiger partial charge in [-0.15, -0.1) is 0 Å². The Kier molecular flexibility index (Phi) is 7.31. The highest BCUT2D eigenvalue weighted by Gasteiger charge is 2.28. The van der Waals surface area contributed by atoms with Crippen molar-refractivity contribution >= 4 is 22.3 Å².